The molecule has 0 saturated heterocycles. The average molecular weight is 358 g/mol. The molecule has 28 heavy (non-hydrogen) atoms. The highest BCUT2D eigenvalue weighted by atomic mass is 14.8. The van der Waals surface area contributed by atoms with E-state index in [0.717, 1.165) is 44.5 Å². The van der Waals surface area contributed by atoms with E-state index in [9.17, 15) is 0 Å². The van der Waals surface area contributed by atoms with E-state index in [2.05, 4.69) is 78.9 Å². The van der Waals surface area contributed by atoms with Gasteiger partial charge in [-0.25, -0.2) is 4.98 Å². The molecule has 132 valence electrons. The van der Waals surface area contributed by atoms with Crippen LogP contribution in [-0.2, 0) is 0 Å². The molecule has 0 atom stereocenters. The zero-order valence-corrected chi connectivity index (χ0v) is 15.3. The SMILES string of the molecule is c1ccc(-c2cccnc2-c2nc3ccccc3cc2-c2ccccc2)cc1. The third-order valence-electron chi connectivity index (χ3n) is 4.93. The molecule has 2 heterocycles. The Labute approximate surface area is 164 Å². The number of aromatic nitrogens is 2. The van der Waals surface area contributed by atoms with Crippen molar-refractivity contribution in [2.24, 2.45) is 0 Å². The lowest BCUT2D eigenvalue weighted by Crippen LogP contribution is -1.96. The predicted molar refractivity (Wildman–Crippen MR) is 116 cm³/mol. The van der Waals surface area contributed by atoms with E-state index in [1.807, 2.05) is 30.5 Å². The minimum Gasteiger partial charge on any atom is -0.254 e. The van der Waals surface area contributed by atoms with Crippen LogP contribution in [0.3, 0.4) is 0 Å². The third kappa shape index (κ3) is 2.95. The second kappa shape index (κ2) is 7.09. The molecular weight excluding hydrogens is 340 g/mol. The van der Waals surface area contributed by atoms with Gasteiger partial charge in [-0.15, -0.1) is 0 Å². The molecule has 0 fully saturated rings. The molecular formula is C26H18N2. The first-order valence-corrected chi connectivity index (χ1v) is 9.36. The Hall–Kier alpha value is -3.78. The van der Waals surface area contributed by atoms with Gasteiger partial charge in [0.15, 0.2) is 0 Å². The lowest BCUT2D eigenvalue weighted by Gasteiger charge is -2.14. The molecule has 0 aliphatic heterocycles. The first-order valence-electron chi connectivity index (χ1n) is 9.36. The van der Waals surface area contributed by atoms with Crippen molar-refractivity contribution in [2.75, 3.05) is 0 Å². The summed E-state index contributed by atoms with van der Waals surface area (Å²) in [5, 5.41) is 1.13. The fourth-order valence-electron chi connectivity index (χ4n) is 3.58. The first-order chi connectivity index (χ1) is 13.9. The van der Waals surface area contributed by atoms with Crippen LogP contribution in [0, 0.1) is 0 Å². The highest BCUT2D eigenvalue weighted by Gasteiger charge is 2.16. The van der Waals surface area contributed by atoms with Crippen molar-refractivity contribution in [3.63, 3.8) is 0 Å². The second-order valence-electron chi connectivity index (χ2n) is 6.71. The van der Waals surface area contributed by atoms with Crippen LogP contribution in [0.25, 0.3) is 44.5 Å². The maximum absolute atomic E-state index is 5.05. The van der Waals surface area contributed by atoms with Crippen LogP contribution in [0.1, 0.15) is 0 Å². The molecule has 2 nitrogen and oxygen atoms in total. The molecule has 5 aromatic rings. The monoisotopic (exact) mass is 358 g/mol. The summed E-state index contributed by atoms with van der Waals surface area (Å²) in [6.07, 6.45) is 1.84. The molecule has 0 aliphatic rings. The lowest BCUT2D eigenvalue weighted by atomic mass is 9.95. The fraction of sp³-hybridized carbons (Fsp3) is 0. The minimum absolute atomic E-state index is 0.901. The smallest absolute Gasteiger partial charge is 0.0978 e. The molecule has 5 rings (SSSR count). The van der Waals surface area contributed by atoms with Gasteiger partial charge in [0.05, 0.1) is 16.9 Å². The van der Waals surface area contributed by atoms with Crippen LogP contribution in [0.2, 0.25) is 0 Å². The van der Waals surface area contributed by atoms with E-state index >= 15 is 0 Å². The van der Waals surface area contributed by atoms with Crippen molar-refractivity contribution in [3.8, 4) is 33.6 Å². The Morgan fingerprint density at radius 1 is 0.500 bits per heavy atom. The molecule has 0 saturated carbocycles. The van der Waals surface area contributed by atoms with Crippen LogP contribution in [-0.4, -0.2) is 9.97 Å². The van der Waals surface area contributed by atoms with Crippen molar-refractivity contribution in [1.82, 2.24) is 9.97 Å². The molecule has 0 radical (unpaired) electrons. The Bertz CT molecular complexity index is 1250. The predicted octanol–water partition coefficient (Wildman–Crippen LogP) is 6.63. The van der Waals surface area contributed by atoms with E-state index in [0.29, 0.717) is 0 Å². The highest BCUT2D eigenvalue weighted by molar-refractivity contribution is 5.94. The van der Waals surface area contributed by atoms with Gasteiger partial charge in [0, 0.05) is 22.7 Å². The van der Waals surface area contributed by atoms with Gasteiger partial charge in [-0.1, -0.05) is 84.9 Å². The topological polar surface area (TPSA) is 25.8 Å². The van der Waals surface area contributed by atoms with E-state index in [1.54, 1.807) is 0 Å². The summed E-state index contributed by atoms with van der Waals surface area (Å²) < 4.78 is 0. The summed E-state index contributed by atoms with van der Waals surface area (Å²) in [5.41, 5.74) is 7.24. The molecule has 3 aromatic carbocycles. The highest BCUT2D eigenvalue weighted by Crippen LogP contribution is 2.37. The maximum atomic E-state index is 5.05. The number of hydrogen-bond acceptors (Lipinski definition) is 2. The molecule has 2 heteroatoms. The largest absolute Gasteiger partial charge is 0.254 e. The van der Waals surface area contributed by atoms with Crippen molar-refractivity contribution in [1.29, 1.82) is 0 Å². The van der Waals surface area contributed by atoms with Gasteiger partial charge in [-0.2, -0.15) is 0 Å². The molecule has 2 aromatic heterocycles. The quantitative estimate of drug-likeness (QED) is 0.362. The van der Waals surface area contributed by atoms with Gasteiger partial charge in [0.1, 0.15) is 0 Å². The number of benzene rings is 3. The van der Waals surface area contributed by atoms with Crippen molar-refractivity contribution >= 4 is 10.9 Å². The molecule has 0 bridgehead atoms. The van der Waals surface area contributed by atoms with Gasteiger partial charge in [-0.3, -0.25) is 4.98 Å². The Kier molecular flexibility index (Phi) is 4.15. The number of para-hydroxylation sites is 1. The number of nitrogens with zero attached hydrogens (tertiary/aromatic N) is 2. The standard InChI is InChI=1S/C26H18N2/c1-3-10-19(11-4-1)22-15-9-17-27-25(22)26-23(20-12-5-2-6-13-20)18-21-14-7-8-16-24(21)28-26/h1-18H. The number of pyridine rings is 2. The first kappa shape index (κ1) is 16.4. The molecule has 0 spiro atoms. The van der Waals surface area contributed by atoms with Gasteiger partial charge in [0.2, 0.25) is 0 Å². The summed E-state index contributed by atoms with van der Waals surface area (Å²) in [4.78, 5) is 9.80. The summed E-state index contributed by atoms with van der Waals surface area (Å²) >= 11 is 0. The van der Waals surface area contributed by atoms with Crippen molar-refractivity contribution < 1.29 is 0 Å². The zero-order valence-electron chi connectivity index (χ0n) is 15.3. The summed E-state index contributed by atoms with van der Waals surface area (Å²) in [6, 6.07) is 35.3. The van der Waals surface area contributed by atoms with Gasteiger partial charge in [-0.05, 0) is 29.3 Å². The van der Waals surface area contributed by atoms with Crippen LogP contribution in [0.5, 0.6) is 0 Å². The second-order valence-corrected chi connectivity index (χ2v) is 6.71. The van der Waals surface area contributed by atoms with Crippen LogP contribution < -0.4 is 0 Å². The number of fused-ring (bicyclic) bond motifs is 1. The lowest BCUT2D eigenvalue weighted by molar-refractivity contribution is 1.28. The summed E-state index contributed by atoms with van der Waals surface area (Å²) in [6.45, 7) is 0. The normalized spacial score (nSPS) is 10.9. The van der Waals surface area contributed by atoms with Crippen molar-refractivity contribution in [2.45, 2.75) is 0 Å². The van der Waals surface area contributed by atoms with Gasteiger partial charge < -0.3 is 0 Å². The Balaban J connectivity index is 1.83. The van der Waals surface area contributed by atoms with Gasteiger partial charge in [0.25, 0.3) is 0 Å². The van der Waals surface area contributed by atoms with E-state index < -0.39 is 0 Å². The van der Waals surface area contributed by atoms with E-state index in [4.69, 9.17) is 9.97 Å². The van der Waals surface area contributed by atoms with Crippen LogP contribution in [0.4, 0.5) is 0 Å². The zero-order chi connectivity index (χ0) is 18.8. The molecule has 0 N–H and O–H groups in total. The van der Waals surface area contributed by atoms with E-state index in [-0.39, 0.29) is 0 Å². The van der Waals surface area contributed by atoms with Crippen molar-refractivity contribution in [3.05, 3.63) is 109 Å². The maximum Gasteiger partial charge on any atom is 0.0978 e. The van der Waals surface area contributed by atoms with Gasteiger partial charge >= 0.3 is 0 Å². The summed E-state index contributed by atoms with van der Waals surface area (Å²) in [7, 11) is 0. The Morgan fingerprint density at radius 3 is 1.89 bits per heavy atom. The third-order valence-corrected chi connectivity index (χ3v) is 4.93. The van der Waals surface area contributed by atoms with Crippen LogP contribution >= 0.6 is 0 Å². The molecule has 0 unspecified atom stereocenters. The fourth-order valence-corrected chi connectivity index (χ4v) is 3.58. The number of hydrogen-bond donors (Lipinski definition) is 0. The summed E-state index contributed by atoms with van der Waals surface area (Å²) in [5.74, 6) is 0. The van der Waals surface area contributed by atoms with Crippen LogP contribution in [0.15, 0.2) is 109 Å². The molecule has 0 amide bonds. The van der Waals surface area contributed by atoms with E-state index in [1.165, 1.54) is 0 Å². The molecule has 0 aliphatic carbocycles. The average Bonchev–Trinajstić information content (AvgIpc) is 2.79. The number of rotatable bonds is 3. The minimum atomic E-state index is 0.901. The Morgan fingerprint density at radius 2 is 1.14 bits per heavy atom.